The molecule has 7 nitrogen and oxygen atoms in total. The predicted molar refractivity (Wildman–Crippen MR) is 135 cm³/mol. The van der Waals surface area contributed by atoms with E-state index in [-0.39, 0.29) is 52.9 Å². The molecule has 0 unspecified atom stereocenters. The van der Waals surface area contributed by atoms with E-state index in [0.29, 0.717) is 12.8 Å². The van der Waals surface area contributed by atoms with Crippen molar-refractivity contribution in [1.82, 2.24) is 9.46 Å². The molecule has 3 aromatic rings. The maximum atomic E-state index is 14.0. The molecule has 0 radical (unpaired) electrons. The molecule has 1 saturated heterocycles. The number of fused-ring (bicyclic) bond motifs is 1. The molecule has 1 aromatic heterocycles. The number of para-hydroxylation sites is 1. The molecular weight excluding hydrogens is 500 g/mol. The van der Waals surface area contributed by atoms with E-state index in [9.17, 15) is 22.0 Å². The lowest BCUT2D eigenvalue weighted by atomic mass is 9.96. The fourth-order valence-electron chi connectivity index (χ4n) is 5.17. The summed E-state index contributed by atoms with van der Waals surface area (Å²) in [5.74, 6) is -1.77. The Bertz CT molecular complexity index is 1480. The predicted octanol–water partition coefficient (Wildman–Crippen LogP) is 4.81. The van der Waals surface area contributed by atoms with E-state index in [2.05, 4.69) is 5.16 Å². The van der Waals surface area contributed by atoms with Crippen LogP contribution in [0.2, 0.25) is 0 Å². The van der Waals surface area contributed by atoms with E-state index in [4.69, 9.17) is 4.52 Å². The zero-order valence-electron chi connectivity index (χ0n) is 20.5. The van der Waals surface area contributed by atoms with Gasteiger partial charge in [-0.2, -0.15) is 4.31 Å². The number of nitrogens with zero attached hydrogens (tertiary/aromatic N) is 3. The molecule has 0 bridgehead atoms. The average Bonchev–Trinajstić information content (AvgIpc) is 3.42. The molecule has 0 aliphatic carbocycles. The molecule has 37 heavy (non-hydrogen) atoms. The molecule has 0 N–H and O–H groups in total. The summed E-state index contributed by atoms with van der Waals surface area (Å²) < 4.78 is 60.8. The van der Waals surface area contributed by atoms with Crippen molar-refractivity contribution in [2.75, 3.05) is 18.0 Å². The number of sulfonamides is 1. The Kier molecular flexibility index (Phi) is 6.72. The number of hydrogen-bond donors (Lipinski definition) is 0. The Morgan fingerprint density at radius 2 is 1.84 bits per heavy atom. The van der Waals surface area contributed by atoms with E-state index in [1.807, 2.05) is 36.1 Å². The number of aryl methyl sites for hydroxylation is 1. The van der Waals surface area contributed by atoms with Crippen LogP contribution < -0.4 is 4.90 Å². The van der Waals surface area contributed by atoms with Crippen LogP contribution in [-0.2, 0) is 21.2 Å². The summed E-state index contributed by atoms with van der Waals surface area (Å²) in [5.41, 5.74) is 2.34. The van der Waals surface area contributed by atoms with Crippen LogP contribution in [0.3, 0.4) is 0 Å². The van der Waals surface area contributed by atoms with Crippen molar-refractivity contribution >= 4 is 33.8 Å². The lowest BCUT2D eigenvalue weighted by Crippen LogP contribution is -2.46. The number of piperidine rings is 1. The maximum Gasteiger partial charge on any atom is 0.248 e. The first-order valence-corrected chi connectivity index (χ1v) is 13.6. The first-order chi connectivity index (χ1) is 17.7. The zero-order chi connectivity index (χ0) is 26.3. The second-order valence-corrected chi connectivity index (χ2v) is 11.4. The van der Waals surface area contributed by atoms with E-state index in [1.54, 1.807) is 0 Å². The van der Waals surface area contributed by atoms with Crippen LogP contribution in [0.25, 0.3) is 12.2 Å². The molecule has 194 valence electrons. The van der Waals surface area contributed by atoms with Gasteiger partial charge < -0.3 is 9.42 Å². The third-order valence-corrected chi connectivity index (χ3v) is 9.11. The molecular formula is C27H27F2N3O4S. The lowest BCUT2D eigenvalue weighted by Gasteiger charge is -2.34. The summed E-state index contributed by atoms with van der Waals surface area (Å²) >= 11 is 0. The van der Waals surface area contributed by atoms with Gasteiger partial charge in [0.05, 0.1) is 0 Å². The maximum absolute atomic E-state index is 14.0. The Labute approximate surface area is 214 Å². The summed E-state index contributed by atoms with van der Waals surface area (Å²) in [4.78, 5) is 15.2. The van der Waals surface area contributed by atoms with Crippen molar-refractivity contribution in [3.05, 3.63) is 76.7 Å². The minimum absolute atomic E-state index is 0.0283. The normalized spacial score (nSPS) is 19.0. The quantitative estimate of drug-likeness (QED) is 0.476. The Balaban J connectivity index is 1.31. The first-order valence-electron chi connectivity index (χ1n) is 12.2. The van der Waals surface area contributed by atoms with Crippen LogP contribution in [0.5, 0.6) is 0 Å². The van der Waals surface area contributed by atoms with Gasteiger partial charge in [0, 0.05) is 42.4 Å². The van der Waals surface area contributed by atoms with Crippen LogP contribution in [0, 0.1) is 24.5 Å². The van der Waals surface area contributed by atoms with E-state index in [1.165, 1.54) is 29.4 Å². The van der Waals surface area contributed by atoms with Crippen molar-refractivity contribution in [1.29, 1.82) is 0 Å². The molecule has 2 aliphatic heterocycles. The summed E-state index contributed by atoms with van der Waals surface area (Å²) in [7, 11) is -3.98. The number of aromatic nitrogens is 1. The van der Waals surface area contributed by atoms with Gasteiger partial charge in [0.2, 0.25) is 15.9 Å². The monoisotopic (exact) mass is 527 g/mol. The third kappa shape index (κ3) is 4.71. The van der Waals surface area contributed by atoms with Gasteiger partial charge in [-0.25, -0.2) is 17.2 Å². The van der Waals surface area contributed by atoms with Gasteiger partial charge in [0.1, 0.15) is 17.3 Å². The van der Waals surface area contributed by atoms with Crippen molar-refractivity contribution in [2.24, 2.45) is 5.92 Å². The fraction of sp³-hybridized carbons (Fsp3) is 0.333. The summed E-state index contributed by atoms with van der Waals surface area (Å²) in [6.07, 6.45) is 4.24. The first kappa shape index (κ1) is 25.3. The molecule has 0 saturated carbocycles. The highest BCUT2D eigenvalue weighted by atomic mass is 32.2. The number of carbonyl (C=O) groups excluding carboxylic acids is 1. The number of benzene rings is 2. The van der Waals surface area contributed by atoms with E-state index in [0.717, 1.165) is 29.8 Å². The van der Waals surface area contributed by atoms with Gasteiger partial charge in [-0.15, -0.1) is 0 Å². The van der Waals surface area contributed by atoms with Crippen molar-refractivity contribution < 1.29 is 26.5 Å². The van der Waals surface area contributed by atoms with Crippen LogP contribution >= 0.6 is 0 Å². The van der Waals surface area contributed by atoms with E-state index >= 15 is 0 Å². The molecule has 1 fully saturated rings. The van der Waals surface area contributed by atoms with Crippen LogP contribution in [-0.4, -0.2) is 42.9 Å². The van der Waals surface area contributed by atoms with Crippen LogP contribution in [0.1, 0.15) is 42.3 Å². The molecule has 0 spiro atoms. The van der Waals surface area contributed by atoms with Gasteiger partial charge in [-0.1, -0.05) is 23.4 Å². The lowest BCUT2D eigenvalue weighted by molar-refractivity contribution is -0.123. The number of anilines is 1. The second-order valence-electron chi connectivity index (χ2n) is 9.53. The molecule has 10 heteroatoms. The van der Waals surface area contributed by atoms with Crippen molar-refractivity contribution in [2.45, 2.75) is 44.0 Å². The fourth-order valence-corrected chi connectivity index (χ4v) is 6.89. The Hall–Kier alpha value is -3.37. The molecule has 1 atom stereocenters. The minimum Gasteiger partial charge on any atom is -0.355 e. The molecule has 2 aromatic carbocycles. The minimum atomic E-state index is -3.98. The van der Waals surface area contributed by atoms with Gasteiger partial charge in [0.25, 0.3) is 0 Å². The highest BCUT2D eigenvalue weighted by Crippen LogP contribution is 2.36. The smallest absolute Gasteiger partial charge is 0.248 e. The topological polar surface area (TPSA) is 83.7 Å². The highest BCUT2D eigenvalue weighted by molar-refractivity contribution is 7.89. The SMILES string of the molecule is Cc1noc(/C=C/c2ccc(F)cc2F)c1S(=O)(=O)N1CCC(C(=O)N2c3ccccc3C[C@H]2C)CC1. The van der Waals surface area contributed by atoms with Gasteiger partial charge in [0.15, 0.2) is 10.7 Å². The Morgan fingerprint density at radius 3 is 2.57 bits per heavy atom. The van der Waals surface area contributed by atoms with Crippen molar-refractivity contribution in [3.63, 3.8) is 0 Å². The second kappa shape index (κ2) is 9.83. The summed E-state index contributed by atoms with van der Waals surface area (Å²) in [5, 5.41) is 3.81. The summed E-state index contributed by atoms with van der Waals surface area (Å²) in [6, 6.07) is 11.0. The third-order valence-electron chi connectivity index (χ3n) is 7.06. The number of rotatable bonds is 5. The Morgan fingerprint density at radius 1 is 1.11 bits per heavy atom. The van der Waals surface area contributed by atoms with Crippen molar-refractivity contribution in [3.8, 4) is 0 Å². The number of hydrogen-bond acceptors (Lipinski definition) is 5. The average molecular weight is 528 g/mol. The number of amides is 1. The molecule has 5 rings (SSSR count). The number of carbonyl (C=O) groups is 1. The largest absolute Gasteiger partial charge is 0.355 e. The molecule has 3 heterocycles. The summed E-state index contributed by atoms with van der Waals surface area (Å²) in [6.45, 7) is 3.92. The standard InChI is InChI=1S/C27H27F2N3O4S/c1-17-15-21-5-3-4-6-24(21)32(17)27(33)20-11-13-31(14-12-20)37(34,35)26-18(2)30-36-25(26)10-8-19-7-9-22(28)16-23(19)29/h3-10,16-17,20H,11-15H2,1-2H3/b10-8+/t17-/m1/s1. The van der Waals surface area contributed by atoms with E-state index < -0.39 is 21.7 Å². The molecule has 2 aliphatic rings. The zero-order valence-corrected chi connectivity index (χ0v) is 21.3. The van der Waals surface area contributed by atoms with Gasteiger partial charge in [-0.05, 0) is 69.0 Å². The van der Waals surface area contributed by atoms with Gasteiger partial charge in [-0.3, -0.25) is 4.79 Å². The van der Waals surface area contributed by atoms with Crippen LogP contribution in [0.4, 0.5) is 14.5 Å². The molecule has 1 amide bonds. The van der Waals surface area contributed by atoms with Crippen LogP contribution in [0.15, 0.2) is 51.9 Å². The van der Waals surface area contributed by atoms with Gasteiger partial charge >= 0.3 is 0 Å². The number of halogens is 2. The highest BCUT2D eigenvalue weighted by Gasteiger charge is 2.39.